The van der Waals surface area contributed by atoms with Gasteiger partial charge >= 0.3 is 0 Å². The van der Waals surface area contributed by atoms with E-state index in [-0.39, 0.29) is 6.04 Å². The quantitative estimate of drug-likeness (QED) is 0.563. The fourth-order valence-electron chi connectivity index (χ4n) is 4.22. The summed E-state index contributed by atoms with van der Waals surface area (Å²) in [5, 5.41) is 4.29. The van der Waals surface area contributed by atoms with Gasteiger partial charge in [-0.25, -0.2) is 22.6 Å². The molecule has 0 radical (unpaired) electrons. The van der Waals surface area contributed by atoms with Crippen molar-refractivity contribution in [3.05, 3.63) is 35.7 Å². The zero-order chi connectivity index (χ0) is 23.9. The van der Waals surface area contributed by atoms with Crippen LogP contribution in [0.25, 0.3) is 16.9 Å². The van der Waals surface area contributed by atoms with Crippen molar-refractivity contribution >= 4 is 21.4 Å². The topological polar surface area (TPSA) is 98.1 Å². The zero-order valence-corrected chi connectivity index (χ0v) is 20.7. The summed E-state index contributed by atoms with van der Waals surface area (Å²) >= 11 is 0. The molecular weight excluding hydrogens is 442 g/mol. The summed E-state index contributed by atoms with van der Waals surface area (Å²) in [4.78, 5) is 7.03. The molecule has 2 aromatic heterocycles. The van der Waals surface area contributed by atoms with Crippen LogP contribution < -0.4 is 19.1 Å². The van der Waals surface area contributed by atoms with Crippen LogP contribution in [0.1, 0.15) is 31.7 Å². The standard InChI is InChI=1S/C23H31N5O4S/c1-14(2)33(29,30)26-18-9-10-27(13-18)19-11-15(3)25-28-22(16(4)24-23(19)28)17-7-8-20(31-5)21(12-17)32-6/h7-8,11-12,14,18,26H,9-10,13H2,1-6H3. The second-order valence-corrected chi connectivity index (χ2v) is 10.9. The Morgan fingerprint density at radius 2 is 1.85 bits per heavy atom. The lowest BCUT2D eigenvalue weighted by atomic mass is 10.1. The third-order valence-corrected chi connectivity index (χ3v) is 7.90. The van der Waals surface area contributed by atoms with E-state index < -0.39 is 15.3 Å². The van der Waals surface area contributed by atoms with Crippen molar-refractivity contribution in [2.75, 3.05) is 32.2 Å². The number of sulfonamides is 1. The normalized spacial score (nSPS) is 16.7. The number of hydrogen-bond donors (Lipinski definition) is 1. The number of methoxy groups -OCH3 is 2. The van der Waals surface area contributed by atoms with E-state index in [2.05, 4.69) is 9.62 Å². The summed E-state index contributed by atoms with van der Waals surface area (Å²) < 4.78 is 40.2. The van der Waals surface area contributed by atoms with Crippen LogP contribution in [0.3, 0.4) is 0 Å². The van der Waals surface area contributed by atoms with E-state index >= 15 is 0 Å². The first-order chi connectivity index (χ1) is 15.6. The molecule has 33 heavy (non-hydrogen) atoms. The molecule has 1 N–H and O–H groups in total. The van der Waals surface area contributed by atoms with E-state index in [9.17, 15) is 8.42 Å². The highest BCUT2D eigenvalue weighted by molar-refractivity contribution is 7.90. The smallest absolute Gasteiger partial charge is 0.214 e. The molecule has 1 aromatic carbocycles. The van der Waals surface area contributed by atoms with Crippen molar-refractivity contribution in [1.82, 2.24) is 19.3 Å². The van der Waals surface area contributed by atoms with Gasteiger partial charge in [-0.1, -0.05) is 0 Å². The van der Waals surface area contributed by atoms with Crippen molar-refractivity contribution in [2.45, 2.75) is 45.4 Å². The van der Waals surface area contributed by atoms with Gasteiger partial charge in [-0.15, -0.1) is 0 Å². The number of aryl methyl sites for hydroxylation is 2. The van der Waals surface area contributed by atoms with Gasteiger partial charge in [-0.05, 0) is 58.4 Å². The number of hydrogen-bond acceptors (Lipinski definition) is 7. The molecule has 1 unspecified atom stereocenters. The molecule has 3 aromatic rings. The molecule has 1 aliphatic rings. The molecule has 0 amide bonds. The highest BCUT2D eigenvalue weighted by atomic mass is 32.2. The Morgan fingerprint density at radius 1 is 1.12 bits per heavy atom. The second kappa shape index (κ2) is 8.83. The number of ether oxygens (including phenoxy) is 2. The summed E-state index contributed by atoms with van der Waals surface area (Å²) in [6.07, 6.45) is 0.738. The van der Waals surface area contributed by atoms with Crippen LogP contribution in [-0.4, -0.2) is 61.6 Å². The van der Waals surface area contributed by atoms with Crippen molar-refractivity contribution in [3.63, 3.8) is 0 Å². The van der Waals surface area contributed by atoms with Crippen LogP contribution >= 0.6 is 0 Å². The molecule has 0 aliphatic carbocycles. The van der Waals surface area contributed by atoms with Gasteiger partial charge in [0, 0.05) is 24.7 Å². The molecule has 0 bridgehead atoms. The number of aromatic nitrogens is 3. The molecule has 1 fully saturated rings. The Bertz CT molecular complexity index is 1290. The van der Waals surface area contributed by atoms with Gasteiger partial charge in [0.15, 0.2) is 17.1 Å². The Morgan fingerprint density at radius 3 is 2.52 bits per heavy atom. The van der Waals surface area contributed by atoms with Crippen LogP contribution in [0.4, 0.5) is 5.69 Å². The summed E-state index contributed by atoms with van der Waals surface area (Å²) in [5.41, 5.74) is 5.19. The maximum Gasteiger partial charge on any atom is 0.214 e. The van der Waals surface area contributed by atoms with Crippen LogP contribution in [0.2, 0.25) is 0 Å². The molecule has 1 saturated heterocycles. The van der Waals surface area contributed by atoms with Crippen LogP contribution in [0.15, 0.2) is 24.3 Å². The van der Waals surface area contributed by atoms with Crippen molar-refractivity contribution < 1.29 is 17.9 Å². The van der Waals surface area contributed by atoms with Gasteiger partial charge in [0.05, 0.1) is 42.2 Å². The van der Waals surface area contributed by atoms with Crippen molar-refractivity contribution in [2.24, 2.45) is 0 Å². The van der Waals surface area contributed by atoms with E-state index in [0.717, 1.165) is 46.9 Å². The molecule has 3 heterocycles. The predicted octanol–water partition coefficient (Wildman–Crippen LogP) is 2.94. The van der Waals surface area contributed by atoms with E-state index in [1.807, 2.05) is 42.6 Å². The number of nitrogens with zero attached hydrogens (tertiary/aromatic N) is 4. The molecule has 1 aliphatic heterocycles. The second-order valence-electron chi connectivity index (χ2n) is 8.67. The van der Waals surface area contributed by atoms with Crippen molar-refractivity contribution in [1.29, 1.82) is 0 Å². The fourth-order valence-corrected chi connectivity index (χ4v) is 5.15. The Labute approximate surface area is 194 Å². The van der Waals surface area contributed by atoms with Gasteiger partial charge < -0.3 is 14.4 Å². The first-order valence-electron chi connectivity index (χ1n) is 11.0. The minimum Gasteiger partial charge on any atom is -0.493 e. The first kappa shape index (κ1) is 23.3. The summed E-state index contributed by atoms with van der Waals surface area (Å²) in [7, 11) is -0.0991. The number of imidazole rings is 1. The van der Waals surface area contributed by atoms with Crippen LogP contribution in [0, 0.1) is 13.8 Å². The summed E-state index contributed by atoms with van der Waals surface area (Å²) in [6, 6.07) is 7.64. The lowest BCUT2D eigenvalue weighted by Gasteiger charge is -2.20. The number of fused-ring (bicyclic) bond motifs is 1. The average Bonchev–Trinajstić information content (AvgIpc) is 3.35. The molecule has 10 heteroatoms. The Kier molecular flexibility index (Phi) is 6.24. The predicted molar refractivity (Wildman–Crippen MR) is 129 cm³/mol. The number of anilines is 1. The molecular formula is C23H31N5O4S. The molecule has 0 spiro atoms. The monoisotopic (exact) mass is 473 g/mol. The third-order valence-electron chi connectivity index (χ3n) is 6.00. The van der Waals surface area contributed by atoms with Gasteiger partial charge in [-0.2, -0.15) is 5.10 Å². The van der Waals surface area contributed by atoms with Crippen LogP contribution in [0.5, 0.6) is 11.5 Å². The number of nitrogens with one attached hydrogen (secondary N) is 1. The maximum atomic E-state index is 12.3. The molecule has 1 atom stereocenters. The number of benzene rings is 1. The summed E-state index contributed by atoms with van der Waals surface area (Å²) in [5.74, 6) is 1.29. The van der Waals surface area contributed by atoms with Crippen molar-refractivity contribution in [3.8, 4) is 22.8 Å². The lowest BCUT2D eigenvalue weighted by Crippen LogP contribution is -2.40. The van der Waals surface area contributed by atoms with Gasteiger partial charge in [0.2, 0.25) is 10.0 Å². The average molecular weight is 474 g/mol. The first-order valence-corrected chi connectivity index (χ1v) is 12.5. The fraction of sp³-hybridized carbons (Fsp3) is 0.478. The van der Waals surface area contributed by atoms with Gasteiger partial charge in [-0.3, -0.25) is 0 Å². The highest BCUT2D eigenvalue weighted by Crippen LogP contribution is 2.35. The van der Waals surface area contributed by atoms with Gasteiger partial charge in [0.25, 0.3) is 0 Å². The van der Waals surface area contributed by atoms with E-state index in [1.54, 1.807) is 28.1 Å². The molecule has 4 rings (SSSR count). The number of rotatable bonds is 7. The minimum atomic E-state index is -3.32. The minimum absolute atomic E-state index is 0.132. The Balaban J connectivity index is 1.73. The largest absolute Gasteiger partial charge is 0.493 e. The lowest BCUT2D eigenvalue weighted by molar-refractivity contribution is 0.355. The molecule has 178 valence electrons. The Hall–Kier alpha value is -2.85. The molecule has 0 saturated carbocycles. The van der Waals surface area contributed by atoms with E-state index in [4.69, 9.17) is 19.6 Å². The zero-order valence-electron chi connectivity index (χ0n) is 19.9. The maximum absolute atomic E-state index is 12.3. The third kappa shape index (κ3) is 4.37. The van der Waals surface area contributed by atoms with Gasteiger partial charge in [0.1, 0.15) is 0 Å². The van der Waals surface area contributed by atoms with E-state index in [1.165, 1.54) is 0 Å². The van der Waals surface area contributed by atoms with Crippen LogP contribution in [-0.2, 0) is 10.0 Å². The van der Waals surface area contributed by atoms with E-state index in [0.29, 0.717) is 18.0 Å². The SMILES string of the molecule is COc1ccc(-c2c(C)nc3c(N4CCC(NS(=O)(=O)C(C)C)C4)cc(C)nn23)cc1OC. The molecule has 9 nitrogen and oxygen atoms in total. The summed E-state index contributed by atoms with van der Waals surface area (Å²) in [6.45, 7) is 8.61. The highest BCUT2D eigenvalue weighted by Gasteiger charge is 2.30.